The summed E-state index contributed by atoms with van der Waals surface area (Å²) in [6.45, 7) is 2.56. The van der Waals surface area contributed by atoms with Crippen molar-refractivity contribution in [2.75, 3.05) is 6.54 Å². The van der Waals surface area contributed by atoms with Gasteiger partial charge in [0.15, 0.2) is 0 Å². The monoisotopic (exact) mass is 273 g/mol. The van der Waals surface area contributed by atoms with Gasteiger partial charge in [-0.1, -0.05) is 6.92 Å². The highest BCUT2D eigenvalue weighted by atomic mass is 16.4. The summed E-state index contributed by atoms with van der Waals surface area (Å²) in [7, 11) is 0. The Kier molecular flexibility index (Phi) is 8.52. The van der Waals surface area contributed by atoms with Crippen molar-refractivity contribution >= 4 is 17.8 Å². The van der Waals surface area contributed by atoms with E-state index in [1.165, 1.54) is 0 Å². The van der Waals surface area contributed by atoms with Crippen molar-refractivity contribution in [3.05, 3.63) is 0 Å². The van der Waals surface area contributed by atoms with Crippen LogP contribution >= 0.6 is 0 Å². The van der Waals surface area contributed by atoms with Gasteiger partial charge >= 0.3 is 5.97 Å². The molecule has 0 aliphatic heterocycles. The van der Waals surface area contributed by atoms with Crippen molar-refractivity contribution < 1.29 is 19.5 Å². The Morgan fingerprint density at radius 3 is 2.26 bits per heavy atom. The minimum Gasteiger partial charge on any atom is -0.480 e. The molecule has 0 aliphatic rings. The molecule has 0 saturated carbocycles. The van der Waals surface area contributed by atoms with Crippen LogP contribution in [0, 0.1) is 5.92 Å². The SMILES string of the molecule is CC(CCN)CCC(=O)N[C@@H](CCC(N)=O)C(=O)O. The smallest absolute Gasteiger partial charge is 0.326 e. The molecule has 0 aromatic carbocycles. The summed E-state index contributed by atoms with van der Waals surface area (Å²) < 4.78 is 0. The zero-order chi connectivity index (χ0) is 14.8. The number of carboxylic acids is 1. The first-order valence-corrected chi connectivity index (χ1v) is 6.37. The second-order valence-corrected chi connectivity index (χ2v) is 4.68. The normalized spacial score (nSPS) is 13.6. The van der Waals surface area contributed by atoms with Gasteiger partial charge in [0.1, 0.15) is 6.04 Å². The Hall–Kier alpha value is -1.63. The van der Waals surface area contributed by atoms with Crippen LogP contribution in [0.2, 0.25) is 0 Å². The topological polar surface area (TPSA) is 136 Å². The molecule has 0 bridgehead atoms. The van der Waals surface area contributed by atoms with E-state index in [1.807, 2.05) is 6.92 Å². The number of carbonyl (C=O) groups excluding carboxylic acids is 2. The van der Waals surface area contributed by atoms with Crippen LogP contribution in [0.5, 0.6) is 0 Å². The molecule has 0 saturated heterocycles. The number of carboxylic acid groups (broad SMARTS) is 1. The van der Waals surface area contributed by atoms with E-state index in [0.29, 0.717) is 18.9 Å². The molecule has 0 heterocycles. The van der Waals surface area contributed by atoms with Gasteiger partial charge in [0, 0.05) is 12.8 Å². The minimum atomic E-state index is -1.16. The van der Waals surface area contributed by atoms with Crippen LogP contribution in [0.1, 0.15) is 39.0 Å². The quantitative estimate of drug-likeness (QED) is 0.429. The standard InChI is InChI=1S/C12H23N3O4/c1-8(6-7-13)2-5-11(17)15-9(12(18)19)3-4-10(14)16/h8-9H,2-7,13H2,1H3,(H2,14,16)(H,15,17)(H,18,19)/t8?,9-/m0/s1. The molecule has 7 nitrogen and oxygen atoms in total. The number of aliphatic carboxylic acids is 1. The fourth-order valence-electron chi connectivity index (χ4n) is 1.62. The lowest BCUT2D eigenvalue weighted by atomic mass is 10.0. The predicted molar refractivity (Wildman–Crippen MR) is 70.1 cm³/mol. The van der Waals surface area contributed by atoms with Crippen molar-refractivity contribution in [2.24, 2.45) is 17.4 Å². The Labute approximate surface area is 112 Å². The highest BCUT2D eigenvalue weighted by Gasteiger charge is 2.20. The number of rotatable bonds is 10. The van der Waals surface area contributed by atoms with Crippen LogP contribution in [0.25, 0.3) is 0 Å². The van der Waals surface area contributed by atoms with Crippen LogP contribution in [-0.4, -0.2) is 35.5 Å². The highest BCUT2D eigenvalue weighted by molar-refractivity contribution is 5.84. The summed E-state index contributed by atoms with van der Waals surface area (Å²) in [5, 5.41) is 11.3. The summed E-state index contributed by atoms with van der Waals surface area (Å²) in [4.78, 5) is 33.1. The summed E-state index contributed by atoms with van der Waals surface area (Å²) in [5.74, 6) is -1.76. The van der Waals surface area contributed by atoms with Crippen molar-refractivity contribution in [3.8, 4) is 0 Å². The van der Waals surface area contributed by atoms with E-state index in [4.69, 9.17) is 16.6 Å². The number of hydrogen-bond donors (Lipinski definition) is 4. The largest absolute Gasteiger partial charge is 0.480 e. The number of amides is 2. The third-order valence-electron chi connectivity index (χ3n) is 2.84. The number of nitrogens with two attached hydrogens (primary N) is 2. The van der Waals surface area contributed by atoms with E-state index in [1.54, 1.807) is 0 Å². The summed E-state index contributed by atoms with van der Waals surface area (Å²) in [5.41, 5.74) is 10.3. The van der Waals surface area contributed by atoms with Crippen LogP contribution in [0.15, 0.2) is 0 Å². The first-order chi connectivity index (χ1) is 8.86. The van der Waals surface area contributed by atoms with Crippen molar-refractivity contribution in [3.63, 3.8) is 0 Å². The molecule has 0 aromatic rings. The molecule has 0 fully saturated rings. The second-order valence-electron chi connectivity index (χ2n) is 4.68. The number of carbonyl (C=O) groups is 3. The highest BCUT2D eigenvalue weighted by Crippen LogP contribution is 2.09. The Bertz CT molecular complexity index is 320. The maximum absolute atomic E-state index is 11.6. The molecule has 1 unspecified atom stereocenters. The molecule has 2 atom stereocenters. The van der Waals surface area contributed by atoms with E-state index in [2.05, 4.69) is 5.32 Å². The second kappa shape index (κ2) is 9.32. The van der Waals surface area contributed by atoms with Gasteiger partial charge in [0.2, 0.25) is 11.8 Å². The van der Waals surface area contributed by atoms with E-state index in [9.17, 15) is 14.4 Å². The van der Waals surface area contributed by atoms with E-state index in [0.717, 1.165) is 6.42 Å². The lowest BCUT2D eigenvalue weighted by molar-refractivity contribution is -0.142. The summed E-state index contributed by atoms with van der Waals surface area (Å²) in [6, 6.07) is -1.06. The summed E-state index contributed by atoms with van der Waals surface area (Å²) in [6.07, 6.45) is 1.68. The van der Waals surface area contributed by atoms with Gasteiger partial charge in [0.05, 0.1) is 0 Å². The molecule has 0 spiro atoms. The van der Waals surface area contributed by atoms with Crippen LogP contribution in [0.4, 0.5) is 0 Å². The van der Waals surface area contributed by atoms with Gasteiger partial charge in [-0.3, -0.25) is 9.59 Å². The van der Waals surface area contributed by atoms with E-state index in [-0.39, 0.29) is 25.2 Å². The Morgan fingerprint density at radius 2 is 1.79 bits per heavy atom. The number of primary amides is 1. The maximum Gasteiger partial charge on any atom is 0.326 e. The molecule has 0 aromatic heterocycles. The van der Waals surface area contributed by atoms with Crippen LogP contribution < -0.4 is 16.8 Å². The molecule has 110 valence electrons. The molecule has 7 heteroatoms. The Balaban J connectivity index is 4.10. The predicted octanol–water partition coefficient (Wildman–Crippen LogP) is -0.414. The lowest BCUT2D eigenvalue weighted by Crippen LogP contribution is -2.41. The first kappa shape index (κ1) is 17.4. The van der Waals surface area contributed by atoms with Crippen LogP contribution in [0.3, 0.4) is 0 Å². The van der Waals surface area contributed by atoms with Crippen LogP contribution in [-0.2, 0) is 14.4 Å². The lowest BCUT2D eigenvalue weighted by Gasteiger charge is -2.15. The zero-order valence-corrected chi connectivity index (χ0v) is 11.2. The fourth-order valence-corrected chi connectivity index (χ4v) is 1.62. The third-order valence-corrected chi connectivity index (χ3v) is 2.84. The summed E-state index contributed by atoms with van der Waals surface area (Å²) >= 11 is 0. The molecular weight excluding hydrogens is 250 g/mol. The van der Waals surface area contributed by atoms with E-state index >= 15 is 0 Å². The average molecular weight is 273 g/mol. The molecule has 0 radical (unpaired) electrons. The fraction of sp³-hybridized carbons (Fsp3) is 0.750. The van der Waals surface area contributed by atoms with Crippen molar-refractivity contribution in [1.29, 1.82) is 0 Å². The van der Waals surface area contributed by atoms with Gasteiger partial charge in [-0.05, 0) is 31.7 Å². The molecule has 0 rings (SSSR count). The minimum absolute atomic E-state index is 0.00869. The van der Waals surface area contributed by atoms with Gasteiger partial charge in [-0.25, -0.2) is 4.79 Å². The molecule has 2 amide bonds. The van der Waals surface area contributed by atoms with Crippen molar-refractivity contribution in [1.82, 2.24) is 5.32 Å². The Morgan fingerprint density at radius 1 is 1.16 bits per heavy atom. The molecule has 0 aliphatic carbocycles. The van der Waals surface area contributed by atoms with Crippen molar-refractivity contribution in [2.45, 2.75) is 45.1 Å². The maximum atomic E-state index is 11.6. The molecule has 6 N–H and O–H groups in total. The van der Waals surface area contributed by atoms with Gasteiger partial charge < -0.3 is 21.9 Å². The average Bonchev–Trinajstić information content (AvgIpc) is 2.31. The van der Waals surface area contributed by atoms with Gasteiger partial charge in [0.25, 0.3) is 0 Å². The zero-order valence-electron chi connectivity index (χ0n) is 11.2. The van der Waals surface area contributed by atoms with E-state index < -0.39 is 17.9 Å². The molecular formula is C12H23N3O4. The number of nitrogens with one attached hydrogen (secondary N) is 1. The first-order valence-electron chi connectivity index (χ1n) is 6.37. The van der Waals surface area contributed by atoms with Gasteiger partial charge in [-0.2, -0.15) is 0 Å². The molecule has 19 heavy (non-hydrogen) atoms. The van der Waals surface area contributed by atoms with Gasteiger partial charge in [-0.15, -0.1) is 0 Å². The third kappa shape index (κ3) is 9.01. The number of hydrogen-bond acceptors (Lipinski definition) is 4.